The molecule has 158 valence electrons. The molecular weight excluding hydrogens is 376 g/mol. The zero-order valence-electron chi connectivity index (χ0n) is 17.9. The highest BCUT2D eigenvalue weighted by molar-refractivity contribution is 5.97. The van der Waals surface area contributed by atoms with Gasteiger partial charge >= 0.3 is 0 Å². The van der Waals surface area contributed by atoms with Crippen molar-refractivity contribution in [1.82, 2.24) is 0 Å². The Bertz CT molecular complexity index is 953. The van der Waals surface area contributed by atoms with E-state index < -0.39 is 6.10 Å². The summed E-state index contributed by atoms with van der Waals surface area (Å²) in [5.74, 6) is 0.774. The van der Waals surface area contributed by atoms with Crippen LogP contribution in [0.5, 0.6) is 5.75 Å². The third-order valence-corrected chi connectivity index (χ3v) is 6.09. The minimum Gasteiger partial charge on any atom is -0.481 e. The van der Waals surface area contributed by atoms with Crippen LogP contribution in [0.25, 0.3) is 0 Å². The first kappa shape index (κ1) is 20.5. The maximum Gasteiger partial charge on any atom is 0.265 e. The van der Waals surface area contributed by atoms with Gasteiger partial charge in [0.25, 0.3) is 5.91 Å². The van der Waals surface area contributed by atoms with Crippen molar-refractivity contribution in [2.75, 3.05) is 16.8 Å². The van der Waals surface area contributed by atoms with Crippen LogP contribution in [0.3, 0.4) is 0 Å². The minimum absolute atomic E-state index is 0.153. The fourth-order valence-corrected chi connectivity index (χ4v) is 4.43. The summed E-state index contributed by atoms with van der Waals surface area (Å²) in [7, 11) is 0. The number of benzene rings is 2. The summed E-state index contributed by atoms with van der Waals surface area (Å²) < 4.78 is 6.05. The summed E-state index contributed by atoms with van der Waals surface area (Å²) in [6.45, 7) is 4.69. The second-order valence-corrected chi connectivity index (χ2v) is 8.29. The fourth-order valence-electron chi connectivity index (χ4n) is 4.43. The molecule has 2 amide bonds. The molecule has 0 bridgehead atoms. The van der Waals surface area contributed by atoms with E-state index >= 15 is 0 Å². The van der Waals surface area contributed by atoms with Gasteiger partial charge in [-0.2, -0.15) is 0 Å². The molecule has 2 aromatic carbocycles. The lowest BCUT2D eigenvalue weighted by atomic mass is 9.92. The molecule has 4 rings (SSSR count). The van der Waals surface area contributed by atoms with Crippen LogP contribution in [0.2, 0.25) is 0 Å². The second-order valence-electron chi connectivity index (χ2n) is 8.29. The Hall–Kier alpha value is -2.82. The molecule has 0 spiro atoms. The molecular formula is C25H30N2O3. The third kappa shape index (κ3) is 4.35. The number of aryl methyl sites for hydroxylation is 3. The van der Waals surface area contributed by atoms with Gasteiger partial charge in [-0.1, -0.05) is 13.0 Å². The van der Waals surface area contributed by atoms with Crippen molar-refractivity contribution in [1.29, 1.82) is 0 Å². The number of nitrogens with one attached hydrogen (secondary N) is 1. The molecule has 0 aromatic heterocycles. The number of rotatable bonds is 6. The summed E-state index contributed by atoms with van der Waals surface area (Å²) in [4.78, 5) is 26.7. The van der Waals surface area contributed by atoms with Crippen molar-refractivity contribution >= 4 is 23.2 Å². The number of fused-ring (bicyclic) bond motifs is 1. The van der Waals surface area contributed by atoms with Gasteiger partial charge in [-0.25, -0.2) is 0 Å². The Kier molecular flexibility index (Phi) is 6.07. The molecule has 0 radical (unpaired) electrons. The molecule has 1 aliphatic carbocycles. The Morgan fingerprint density at radius 3 is 2.57 bits per heavy atom. The number of hydrogen-bond acceptors (Lipinski definition) is 3. The average Bonchev–Trinajstić information content (AvgIpc) is 3.17. The number of ether oxygens (including phenoxy) is 1. The molecule has 30 heavy (non-hydrogen) atoms. The first-order valence-corrected chi connectivity index (χ1v) is 11.1. The summed E-state index contributed by atoms with van der Waals surface area (Å²) >= 11 is 0. The lowest BCUT2D eigenvalue weighted by molar-refractivity contribution is -0.122. The van der Waals surface area contributed by atoms with Gasteiger partial charge in [0.15, 0.2) is 6.10 Å². The maximum absolute atomic E-state index is 12.8. The summed E-state index contributed by atoms with van der Waals surface area (Å²) in [6.07, 6.45) is 6.22. The maximum atomic E-state index is 12.8. The average molecular weight is 407 g/mol. The number of nitrogens with zero attached hydrogens (tertiary/aromatic N) is 1. The molecule has 1 saturated heterocycles. The van der Waals surface area contributed by atoms with Crippen molar-refractivity contribution in [3.8, 4) is 5.75 Å². The van der Waals surface area contributed by atoms with Crippen LogP contribution in [0, 0.1) is 6.92 Å². The fraction of sp³-hybridized carbons (Fsp3) is 0.440. The highest BCUT2D eigenvalue weighted by Crippen LogP contribution is 2.28. The Labute approximate surface area is 178 Å². The van der Waals surface area contributed by atoms with Gasteiger partial charge in [-0.05, 0) is 92.5 Å². The first-order valence-electron chi connectivity index (χ1n) is 11.1. The predicted molar refractivity (Wildman–Crippen MR) is 119 cm³/mol. The molecule has 1 atom stereocenters. The topological polar surface area (TPSA) is 58.6 Å². The van der Waals surface area contributed by atoms with Crippen LogP contribution in [0.15, 0.2) is 36.4 Å². The SMILES string of the molecule is CC[C@@H](Oc1ccc2c(c1)CCCC2)C(=O)Nc1ccc(N2CCCC2=O)c(C)c1. The zero-order chi connectivity index (χ0) is 21.1. The van der Waals surface area contributed by atoms with Crippen molar-refractivity contribution in [3.05, 3.63) is 53.1 Å². The van der Waals surface area contributed by atoms with Crippen molar-refractivity contribution in [2.24, 2.45) is 0 Å². The Morgan fingerprint density at radius 2 is 1.87 bits per heavy atom. The lowest BCUT2D eigenvalue weighted by Crippen LogP contribution is -2.32. The third-order valence-electron chi connectivity index (χ3n) is 6.09. The monoisotopic (exact) mass is 406 g/mol. The molecule has 0 unspecified atom stereocenters. The Morgan fingerprint density at radius 1 is 1.07 bits per heavy atom. The predicted octanol–water partition coefficient (Wildman–Crippen LogP) is 4.80. The van der Waals surface area contributed by atoms with Crippen molar-refractivity contribution in [3.63, 3.8) is 0 Å². The molecule has 1 aliphatic heterocycles. The van der Waals surface area contributed by atoms with E-state index in [1.165, 1.54) is 24.0 Å². The van der Waals surface area contributed by atoms with Gasteiger partial charge in [0.1, 0.15) is 5.75 Å². The van der Waals surface area contributed by atoms with Crippen LogP contribution in [0.4, 0.5) is 11.4 Å². The number of hydrogen-bond donors (Lipinski definition) is 1. The normalized spacial score (nSPS) is 16.9. The van der Waals surface area contributed by atoms with E-state index in [1.54, 1.807) is 0 Å². The minimum atomic E-state index is -0.549. The molecule has 1 fully saturated rings. The molecule has 2 aromatic rings. The van der Waals surface area contributed by atoms with Crippen molar-refractivity contribution < 1.29 is 14.3 Å². The van der Waals surface area contributed by atoms with Crippen LogP contribution in [0.1, 0.15) is 55.7 Å². The summed E-state index contributed by atoms with van der Waals surface area (Å²) in [5, 5.41) is 2.98. The van der Waals surface area contributed by atoms with E-state index in [-0.39, 0.29) is 11.8 Å². The van der Waals surface area contributed by atoms with E-state index in [9.17, 15) is 9.59 Å². The number of carbonyl (C=O) groups is 2. The van der Waals surface area contributed by atoms with Gasteiger partial charge in [0.05, 0.1) is 0 Å². The van der Waals surface area contributed by atoms with Crippen molar-refractivity contribution in [2.45, 2.75) is 64.9 Å². The first-order chi connectivity index (χ1) is 14.5. The van der Waals surface area contributed by atoms with Crippen LogP contribution >= 0.6 is 0 Å². The quantitative estimate of drug-likeness (QED) is 0.750. The van der Waals surface area contributed by atoms with E-state index in [0.717, 1.165) is 48.5 Å². The molecule has 5 heteroatoms. The summed E-state index contributed by atoms with van der Waals surface area (Å²) in [6, 6.07) is 11.9. The highest BCUT2D eigenvalue weighted by Gasteiger charge is 2.24. The molecule has 1 N–H and O–H groups in total. The van der Waals surface area contributed by atoms with E-state index in [2.05, 4.69) is 17.4 Å². The highest BCUT2D eigenvalue weighted by atomic mass is 16.5. The van der Waals surface area contributed by atoms with Crippen LogP contribution in [-0.2, 0) is 22.4 Å². The molecule has 5 nitrogen and oxygen atoms in total. The number of amides is 2. The standard InChI is InChI=1S/C25H30N2O3/c1-3-23(30-21-12-10-18-7-4-5-8-19(18)16-21)25(29)26-20-11-13-22(17(2)15-20)27-14-6-9-24(27)28/h10-13,15-16,23H,3-9,14H2,1-2H3,(H,26,29)/t23-/m1/s1. The van der Waals surface area contributed by atoms with Crippen LogP contribution < -0.4 is 15.0 Å². The molecule has 0 saturated carbocycles. The van der Waals surface area contributed by atoms with E-state index in [1.807, 2.05) is 43.0 Å². The van der Waals surface area contributed by atoms with E-state index in [0.29, 0.717) is 12.8 Å². The van der Waals surface area contributed by atoms with Crippen LogP contribution in [-0.4, -0.2) is 24.5 Å². The Balaban J connectivity index is 1.43. The van der Waals surface area contributed by atoms with Gasteiger partial charge in [-0.15, -0.1) is 0 Å². The van der Waals surface area contributed by atoms with Gasteiger partial charge in [0, 0.05) is 24.3 Å². The van der Waals surface area contributed by atoms with Gasteiger partial charge in [0.2, 0.25) is 5.91 Å². The summed E-state index contributed by atoms with van der Waals surface area (Å²) in [5.41, 5.74) is 5.37. The number of carbonyl (C=O) groups excluding carboxylic acids is 2. The lowest BCUT2D eigenvalue weighted by Gasteiger charge is -2.21. The second kappa shape index (κ2) is 8.90. The zero-order valence-corrected chi connectivity index (χ0v) is 17.9. The largest absolute Gasteiger partial charge is 0.481 e. The van der Waals surface area contributed by atoms with Gasteiger partial charge < -0.3 is 15.0 Å². The number of anilines is 2. The van der Waals surface area contributed by atoms with E-state index in [4.69, 9.17) is 4.74 Å². The van der Waals surface area contributed by atoms with Gasteiger partial charge in [-0.3, -0.25) is 9.59 Å². The smallest absolute Gasteiger partial charge is 0.265 e. The molecule has 2 aliphatic rings. The molecule has 1 heterocycles.